The average molecular weight is 373 g/mol. The highest BCUT2D eigenvalue weighted by atomic mass is 79.9. The SMILES string of the molecule is N#Cc1ccccc1S(=O)(=O)Nc1cc(Br)c(F)cc1F. The first kappa shape index (κ1) is 15.4. The van der Waals surface area contributed by atoms with Gasteiger partial charge in [0.1, 0.15) is 22.6 Å². The molecule has 1 N–H and O–H groups in total. The van der Waals surface area contributed by atoms with Crippen molar-refractivity contribution in [1.82, 2.24) is 0 Å². The highest BCUT2D eigenvalue weighted by molar-refractivity contribution is 9.10. The molecule has 0 heterocycles. The number of sulfonamides is 1. The molecule has 0 saturated carbocycles. The van der Waals surface area contributed by atoms with E-state index in [0.717, 1.165) is 6.07 Å². The first-order chi connectivity index (χ1) is 9.85. The van der Waals surface area contributed by atoms with E-state index in [1.54, 1.807) is 6.07 Å². The molecule has 0 bridgehead atoms. The monoisotopic (exact) mass is 372 g/mol. The van der Waals surface area contributed by atoms with Crippen molar-refractivity contribution in [3.05, 3.63) is 58.1 Å². The molecule has 0 aliphatic rings. The Morgan fingerprint density at radius 3 is 2.48 bits per heavy atom. The van der Waals surface area contributed by atoms with Crippen LogP contribution in [-0.4, -0.2) is 8.42 Å². The number of halogens is 3. The molecule has 0 aliphatic carbocycles. The summed E-state index contributed by atoms with van der Waals surface area (Å²) < 4.78 is 53.0. The molecule has 108 valence electrons. The summed E-state index contributed by atoms with van der Waals surface area (Å²) in [5, 5.41) is 8.91. The first-order valence-electron chi connectivity index (χ1n) is 5.51. The third-order valence-electron chi connectivity index (χ3n) is 2.55. The molecule has 0 aromatic heterocycles. The molecule has 2 rings (SSSR count). The van der Waals surface area contributed by atoms with Crippen LogP contribution < -0.4 is 4.72 Å². The predicted octanol–water partition coefficient (Wildman–Crippen LogP) is 3.40. The number of nitrogens with zero attached hydrogens (tertiary/aromatic N) is 1. The van der Waals surface area contributed by atoms with E-state index in [-0.39, 0.29) is 14.9 Å². The van der Waals surface area contributed by atoms with Crippen molar-refractivity contribution in [2.75, 3.05) is 4.72 Å². The Morgan fingerprint density at radius 2 is 1.81 bits per heavy atom. The van der Waals surface area contributed by atoms with Crippen molar-refractivity contribution in [1.29, 1.82) is 5.26 Å². The van der Waals surface area contributed by atoms with Crippen molar-refractivity contribution in [3.8, 4) is 6.07 Å². The first-order valence-corrected chi connectivity index (χ1v) is 7.79. The van der Waals surface area contributed by atoms with Crippen molar-refractivity contribution >= 4 is 31.6 Å². The van der Waals surface area contributed by atoms with Gasteiger partial charge in [-0.05, 0) is 34.1 Å². The molecule has 0 aliphatic heterocycles. The van der Waals surface area contributed by atoms with Gasteiger partial charge >= 0.3 is 0 Å². The van der Waals surface area contributed by atoms with Gasteiger partial charge in [0.15, 0.2) is 0 Å². The Balaban J connectivity index is 2.48. The quantitative estimate of drug-likeness (QED) is 0.839. The number of nitrogens with one attached hydrogen (secondary N) is 1. The van der Waals surface area contributed by atoms with Crippen LogP contribution in [0, 0.1) is 23.0 Å². The third kappa shape index (κ3) is 3.20. The van der Waals surface area contributed by atoms with Crippen LogP contribution in [0.2, 0.25) is 0 Å². The fraction of sp³-hybridized carbons (Fsp3) is 0. The molecule has 2 aromatic rings. The van der Waals surface area contributed by atoms with Gasteiger partial charge in [0.2, 0.25) is 0 Å². The minimum absolute atomic E-state index is 0.0772. The number of nitriles is 1. The Labute approximate surface area is 128 Å². The van der Waals surface area contributed by atoms with Crippen LogP contribution in [0.3, 0.4) is 0 Å². The van der Waals surface area contributed by atoms with Crippen LogP contribution in [0.25, 0.3) is 0 Å². The molecular weight excluding hydrogens is 366 g/mol. The van der Waals surface area contributed by atoms with Gasteiger partial charge in [-0.15, -0.1) is 0 Å². The normalized spacial score (nSPS) is 11.0. The summed E-state index contributed by atoms with van der Waals surface area (Å²) in [6.07, 6.45) is 0. The maximum atomic E-state index is 13.6. The van der Waals surface area contributed by atoms with E-state index in [9.17, 15) is 17.2 Å². The van der Waals surface area contributed by atoms with E-state index >= 15 is 0 Å². The van der Waals surface area contributed by atoms with Crippen molar-refractivity contribution in [3.63, 3.8) is 0 Å². The van der Waals surface area contributed by atoms with Gasteiger partial charge in [-0.25, -0.2) is 17.2 Å². The Hall–Kier alpha value is -1.98. The highest BCUT2D eigenvalue weighted by Gasteiger charge is 2.20. The van der Waals surface area contributed by atoms with Gasteiger partial charge in [-0.1, -0.05) is 12.1 Å². The van der Waals surface area contributed by atoms with Crippen LogP contribution >= 0.6 is 15.9 Å². The minimum atomic E-state index is -4.16. The molecule has 0 unspecified atom stereocenters. The lowest BCUT2D eigenvalue weighted by atomic mass is 10.2. The van der Waals surface area contributed by atoms with Gasteiger partial charge in [-0.2, -0.15) is 5.26 Å². The van der Waals surface area contributed by atoms with E-state index in [2.05, 4.69) is 15.9 Å². The van der Waals surface area contributed by atoms with E-state index in [1.807, 2.05) is 4.72 Å². The number of hydrogen-bond donors (Lipinski definition) is 1. The van der Waals surface area contributed by atoms with Crippen molar-refractivity contribution in [2.24, 2.45) is 0 Å². The predicted molar refractivity (Wildman–Crippen MR) is 76.0 cm³/mol. The molecular formula is C13H7BrF2N2O2S. The largest absolute Gasteiger partial charge is 0.277 e. The van der Waals surface area contributed by atoms with Crippen molar-refractivity contribution in [2.45, 2.75) is 4.90 Å². The maximum absolute atomic E-state index is 13.6. The lowest BCUT2D eigenvalue weighted by Gasteiger charge is -2.10. The molecule has 21 heavy (non-hydrogen) atoms. The van der Waals surface area contributed by atoms with Gasteiger partial charge in [0.25, 0.3) is 10.0 Å². The maximum Gasteiger partial charge on any atom is 0.263 e. The van der Waals surface area contributed by atoms with Crippen molar-refractivity contribution < 1.29 is 17.2 Å². The number of benzene rings is 2. The molecule has 2 aromatic carbocycles. The Morgan fingerprint density at radius 1 is 1.14 bits per heavy atom. The summed E-state index contributed by atoms with van der Waals surface area (Å²) >= 11 is 2.84. The highest BCUT2D eigenvalue weighted by Crippen LogP contribution is 2.26. The summed E-state index contributed by atoms with van der Waals surface area (Å²) in [6, 6.07) is 8.75. The number of rotatable bonds is 3. The number of hydrogen-bond acceptors (Lipinski definition) is 3. The average Bonchev–Trinajstić information content (AvgIpc) is 2.44. The fourth-order valence-corrected chi connectivity index (χ4v) is 3.15. The molecule has 0 saturated heterocycles. The fourth-order valence-electron chi connectivity index (χ4n) is 1.59. The van der Waals surface area contributed by atoms with Crippen LogP contribution in [0.5, 0.6) is 0 Å². The van der Waals surface area contributed by atoms with Crippen LogP contribution in [0.15, 0.2) is 45.8 Å². The summed E-state index contributed by atoms with van der Waals surface area (Å²) in [5.41, 5.74) is -0.498. The Kier molecular flexibility index (Phi) is 4.25. The molecule has 0 radical (unpaired) electrons. The topological polar surface area (TPSA) is 70.0 Å². The second kappa shape index (κ2) is 5.79. The van der Waals surface area contributed by atoms with Crippen LogP contribution in [0.1, 0.15) is 5.56 Å². The number of anilines is 1. The summed E-state index contributed by atoms with van der Waals surface area (Å²) in [5.74, 6) is -1.92. The molecule has 8 heteroatoms. The zero-order chi connectivity index (χ0) is 15.6. The zero-order valence-corrected chi connectivity index (χ0v) is 12.7. The third-order valence-corrected chi connectivity index (χ3v) is 4.58. The molecule has 0 fully saturated rings. The standard InChI is InChI=1S/C13H7BrF2N2O2S/c14-9-5-12(11(16)6-10(9)15)18-21(19,20)13-4-2-1-3-8(13)7-17/h1-6,18H. The van der Waals surface area contributed by atoms with Gasteiger partial charge < -0.3 is 0 Å². The second-order valence-electron chi connectivity index (χ2n) is 3.96. The molecule has 0 spiro atoms. The lowest BCUT2D eigenvalue weighted by molar-refractivity contribution is 0.579. The summed E-state index contributed by atoms with van der Waals surface area (Å²) in [6.45, 7) is 0. The van der Waals surface area contributed by atoms with Gasteiger partial charge in [0, 0.05) is 6.07 Å². The second-order valence-corrected chi connectivity index (χ2v) is 6.46. The molecule has 4 nitrogen and oxygen atoms in total. The summed E-state index contributed by atoms with van der Waals surface area (Å²) in [4.78, 5) is -0.285. The van der Waals surface area contributed by atoms with Gasteiger partial charge in [-0.3, -0.25) is 4.72 Å². The summed E-state index contributed by atoms with van der Waals surface area (Å²) in [7, 11) is -4.16. The zero-order valence-electron chi connectivity index (χ0n) is 10.3. The molecule has 0 amide bonds. The molecule has 0 atom stereocenters. The van der Waals surface area contributed by atoms with E-state index in [1.165, 1.54) is 24.3 Å². The lowest BCUT2D eigenvalue weighted by Crippen LogP contribution is -2.15. The van der Waals surface area contributed by atoms with E-state index in [0.29, 0.717) is 6.07 Å². The van der Waals surface area contributed by atoms with E-state index < -0.39 is 27.3 Å². The van der Waals surface area contributed by atoms with Crippen LogP contribution in [0.4, 0.5) is 14.5 Å². The van der Waals surface area contributed by atoms with E-state index in [4.69, 9.17) is 5.26 Å². The van der Waals surface area contributed by atoms with Gasteiger partial charge in [0.05, 0.1) is 15.7 Å². The van der Waals surface area contributed by atoms with Crippen LogP contribution in [-0.2, 0) is 10.0 Å². The smallest absolute Gasteiger partial charge is 0.263 e. The minimum Gasteiger partial charge on any atom is -0.277 e. The Bertz CT molecular complexity index is 848.